The van der Waals surface area contributed by atoms with Crippen LogP contribution in [0.2, 0.25) is 0 Å². The molecule has 0 bridgehead atoms. The van der Waals surface area contributed by atoms with E-state index in [1.165, 1.54) is 5.01 Å². The van der Waals surface area contributed by atoms with Crippen molar-refractivity contribution in [2.24, 2.45) is 4.99 Å². The topological polar surface area (TPSA) is 118 Å². The molecule has 10 heteroatoms. The molecule has 0 radical (unpaired) electrons. The summed E-state index contributed by atoms with van der Waals surface area (Å²) in [5, 5.41) is 10.6. The second kappa shape index (κ2) is 14.1. The number of nitrogens with zero attached hydrogens (tertiary/aromatic N) is 2. The van der Waals surface area contributed by atoms with Gasteiger partial charge >= 0.3 is 0 Å². The number of hydrogen-bond acceptors (Lipinski definition) is 8. The van der Waals surface area contributed by atoms with E-state index in [-0.39, 0.29) is 29.6 Å². The maximum Gasteiger partial charge on any atom is 0.266 e. The number of aliphatic hydroxyl groups excluding tert-OH is 1. The van der Waals surface area contributed by atoms with Crippen molar-refractivity contribution in [2.75, 3.05) is 33.1 Å². The Morgan fingerprint density at radius 2 is 1.49 bits per heavy atom. The molecule has 2 N–H and O–H groups in total. The molecule has 2 atom stereocenters. The highest BCUT2D eigenvalue weighted by Gasteiger charge is 2.54. The van der Waals surface area contributed by atoms with Gasteiger partial charge in [0, 0.05) is 39.1 Å². The number of hydrazine groups is 1. The van der Waals surface area contributed by atoms with Crippen LogP contribution in [0.3, 0.4) is 0 Å². The Morgan fingerprint density at radius 1 is 0.889 bits per heavy atom. The Morgan fingerprint density at radius 3 is 2.11 bits per heavy atom. The van der Waals surface area contributed by atoms with Crippen LogP contribution in [0.5, 0.6) is 5.75 Å². The Bertz CT molecular complexity index is 1710. The standard InChI is InChI=1S/C35H37N3O6S/c1-38(2)37-34(40)35(22-25-45(41,42)31-12-7-4-8-13-31)32(28-16-14-27(15-17-28)26-10-5-3-6-11-26)44-33(36-35)29-18-20-30(21-19-29)43-24-9-23-39/h3-8,10-21,32,39H,9,22-25H2,1-2H3,(H,37,40)/t32-,35-/m0/s1. The molecule has 234 valence electrons. The van der Waals surface area contributed by atoms with Crippen LogP contribution in [-0.2, 0) is 19.4 Å². The average molecular weight is 628 g/mol. The molecule has 0 unspecified atom stereocenters. The van der Waals surface area contributed by atoms with E-state index in [1.54, 1.807) is 68.7 Å². The summed E-state index contributed by atoms with van der Waals surface area (Å²) in [6.45, 7) is 0.408. The number of sulfone groups is 1. The van der Waals surface area contributed by atoms with E-state index < -0.39 is 27.4 Å². The fourth-order valence-electron chi connectivity index (χ4n) is 5.19. The lowest BCUT2D eigenvalue weighted by atomic mass is 9.84. The lowest BCUT2D eigenvalue weighted by Gasteiger charge is -2.31. The Labute approximate surface area is 264 Å². The molecule has 5 rings (SSSR count). The van der Waals surface area contributed by atoms with Gasteiger partial charge < -0.3 is 14.6 Å². The van der Waals surface area contributed by atoms with E-state index >= 15 is 0 Å². The third kappa shape index (κ3) is 7.42. The van der Waals surface area contributed by atoms with Gasteiger partial charge in [-0.3, -0.25) is 10.2 Å². The van der Waals surface area contributed by atoms with Gasteiger partial charge in [-0.05, 0) is 53.1 Å². The molecule has 1 amide bonds. The van der Waals surface area contributed by atoms with Gasteiger partial charge in [-0.25, -0.2) is 18.4 Å². The Kier molecular flexibility index (Phi) is 9.97. The highest BCUT2D eigenvalue weighted by Crippen LogP contribution is 2.43. The maximum atomic E-state index is 14.1. The smallest absolute Gasteiger partial charge is 0.266 e. The molecule has 4 aromatic rings. The number of carbonyl (C=O) groups is 1. The van der Waals surface area contributed by atoms with Crippen molar-refractivity contribution >= 4 is 21.6 Å². The number of amides is 1. The summed E-state index contributed by atoms with van der Waals surface area (Å²) in [6, 6.07) is 32.9. The zero-order valence-electron chi connectivity index (χ0n) is 25.3. The molecule has 45 heavy (non-hydrogen) atoms. The number of carbonyl (C=O) groups excluding carboxylic acids is 1. The van der Waals surface area contributed by atoms with Gasteiger partial charge in [0.05, 0.1) is 17.3 Å². The summed E-state index contributed by atoms with van der Waals surface area (Å²) < 4.78 is 39.1. The van der Waals surface area contributed by atoms with Crippen LogP contribution in [0, 0.1) is 0 Å². The van der Waals surface area contributed by atoms with Gasteiger partial charge in [0.2, 0.25) is 5.90 Å². The van der Waals surface area contributed by atoms with E-state index in [2.05, 4.69) is 5.43 Å². The van der Waals surface area contributed by atoms with Crippen LogP contribution in [0.15, 0.2) is 119 Å². The Hall–Kier alpha value is -4.51. The van der Waals surface area contributed by atoms with Crippen LogP contribution in [0.4, 0.5) is 0 Å². The zero-order valence-corrected chi connectivity index (χ0v) is 26.1. The molecule has 1 aliphatic rings. The van der Waals surface area contributed by atoms with Gasteiger partial charge in [0.15, 0.2) is 21.5 Å². The summed E-state index contributed by atoms with van der Waals surface area (Å²) >= 11 is 0. The van der Waals surface area contributed by atoms with Crippen molar-refractivity contribution in [2.45, 2.75) is 29.4 Å². The third-order valence-corrected chi connectivity index (χ3v) is 9.26. The molecule has 0 aliphatic carbocycles. The minimum atomic E-state index is -3.75. The number of ether oxygens (including phenoxy) is 2. The highest BCUT2D eigenvalue weighted by molar-refractivity contribution is 7.91. The molecule has 0 saturated heterocycles. The van der Waals surface area contributed by atoms with Crippen LogP contribution in [0.25, 0.3) is 11.1 Å². The number of benzene rings is 4. The molecule has 0 aromatic heterocycles. The second-order valence-electron chi connectivity index (χ2n) is 11.0. The maximum absolute atomic E-state index is 14.1. The van der Waals surface area contributed by atoms with E-state index in [9.17, 15) is 13.2 Å². The van der Waals surface area contributed by atoms with E-state index in [1.807, 2.05) is 54.6 Å². The molecular weight excluding hydrogens is 590 g/mol. The van der Waals surface area contributed by atoms with Gasteiger partial charge in [-0.15, -0.1) is 0 Å². The monoisotopic (exact) mass is 627 g/mol. The first kappa shape index (κ1) is 31.9. The predicted octanol–water partition coefficient (Wildman–Crippen LogP) is 4.83. The molecule has 9 nitrogen and oxygen atoms in total. The van der Waals surface area contributed by atoms with Gasteiger partial charge in [0.1, 0.15) is 5.75 Å². The summed E-state index contributed by atoms with van der Waals surface area (Å²) in [6.07, 6.45) is -0.526. The Balaban J connectivity index is 1.55. The minimum absolute atomic E-state index is 0.0353. The molecule has 4 aromatic carbocycles. The summed E-state index contributed by atoms with van der Waals surface area (Å²) in [4.78, 5) is 19.2. The van der Waals surface area contributed by atoms with Crippen molar-refractivity contribution in [1.29, 1.82) is 0 Å². The molecule has 0 spiro atoms. The van der Waals surface area contributed by atoms with Crippen LogP contribution < -0.4 is 10.2 Å². The second-order valence-corrected chi connectivity index (χ2v) is 13.1. The lowest BCUT2D eigenvalue weighted by Crippen LogP contribution is -2.53. The largest absolute Gasteiger partial charge is 0.494 e. The van der Waals surface area contributed by atoms with Crippen LogP contribution in [0.1, 0.15) is 30.1 Å². The third-order valence-electron chi connectivity index (χ3n) is 7.53. The number of rotatable bonds is 13. The molecule has 0 saturated carbocycles. The fourth-order valence-corrected chi connectivity index (χ4v) is 6.57. The van der Waals surface area contributed by atoms with E-state index in [0.29, 0.717) is 29.9 Å². The summed E-state index contributed by atoms with van der Waals surface area (Å²) in [7, 11) is -0.375. The quantitative estimate of drug-likeness (QED) is 0.161. The number of aliphatic hydroxyl groups is 1. The molecule has 0 fully saturated rings. The first-order valence-corrected chi connectivity index (χ1v) is 16.4. The minimum Gasteiger partial charge on any atom is -0.494 e. The SMILES string of the molecule is CN(C)NC(=O)[C@@]1(CCS(=O)(=O)c2ccccc2)N=C(c2ccc(OCCCO)cc2)O[C@H]1c1ccc(-c2ccccc2)cc1. The van der Waals surface area contributed by atoms with Gasteiger partial charge in [-0.1, -0.05) is 72.8 Å². The predicted molar refractivity (Wildman–Crippen MR) is 174 cm³/mol. The van der Waals surface area contributed by atoms with Crippen molar-refractivity contribution in [3.8, 4) is 16.9 Å². The number of aliphatic imine (C=N–C) groups is 1. The van der Waals surface area contributed by atoms with E-state index in [4.69, 9.17) is 19.6 Å². The average Bonchev–Trinajstić information content (AvgIpc) is 3.46. The summed E-state index contributed by atoms with van der Waals surface area (Å²) in [5.41, 5.74) is 4.54. The number of hydrogen-bond donors (Lipinski definition) is 2. The highest BCUT2D eigenvalue weighted by atomic mass is 32.2. The van der Waals surface area contributed by atoms with Crippen molar-refractivity contribution in [3.05, 3.63) is 120 Å². The lowest BCUT2D eigenvalue weighted by molar-refractivity contribution is -0.133. The normalized spacial score (nSPS) is 17.9. The van der Waals surface area contributed by atoms with Crippen LogP contribution in [-0.4, -0.2) is 68.9 Å². The van der Waals surface area contributed by atoms with Crippen LogP contribution >= 0.6 is 0 Å². The molecule has 1 heterocycles. The fraction of sp³-hybridized carbons (Fsp3) is 0.257. The van der Waals surface area contributed by atoms with E-state index in [0.717, 1.165) is 11.1 Å². The molecular formula is C35H37N3O6S. The zero-order chi connectivity index (χ0) is 31.9. The van der Waals surface area contributed by atoms with Gasteiger partial charge in [0.25, 0.3) is 5.91 Å². The summed E-state index contributed by atoms with van der Waals surface area (Å²) in [5.74, 6) is 0.0326. The molecule has 1 aliphatic heterocycles. The van der Waals surface area contributed by atoms with Gasteiger partial charge in [-0.2, -0.15) is 0 Å². The first-order chi connectivity index (χ1) is 21.7. The van der Waals surface area contributed by atoms with Crippen molar-refractivity contribution < 1.29 is 27.8 Å². The van der Waals surface area contributed by atoms with Crippen molar-refractivity contribution in [1.82, 2.24) is 10.4 Å². The first-order valence-electron chi connectivity index (χ1n) is 14.7. The van der Waals surface area contributed by atoms with Crippen molar-refractivity contribution in [3.63, 3.8) is 0 Å². The number of nitrogens with one attached hydrogen (secondary N) is 1.